The maximum atomic E-state index is 12.9. The van der Waals surface area contributed by atoms with Crippen LogP contribution < -0.4 is 5.32 Å². The van der Waals surface area contributed by atoms with Crippen molar-refractivity contribution in [2.45, 2.75) is 236 Å². The molecular formula is C48H87NO8. The normalized spacial score (nSPS) is 21.4. The van der Waals surface area contributed by atoms with Gasteiger partial charge in [0.2, 0.25) is 5.91 Å². The van der Waals surface area contributed by atoms with Gasteiger partial charge < -0.3 is 40.3 Å². The molecule has 0 aromatic carbocycles. The first-order chi connectivity index (χ1) is 27.8. The fourth-order valence-electron chi connectivity index (χ4n) is 7.19. The summed E-state index contributed by atoms with van der Waals surface area (Å²) >= 11 is 0. The Morgan fingerprint density at radius 2 is 1.07 bits per heavy atom. The number of aliphatic hydroxyl groups excluding tert-OH is 5. The van der Waals surface area contributed by atoms with Crippen molar-refractivity contribution in [3.05, 3.63) is 48.6 Å². The lowest BCUT2D eigenvalue weighted by molar-refractivity contribution is -0.302. The van der Waals surface area contributed by atoms with E-state index in [-0.39, 0.29) is 12.5 Å². The van der Waals surface area contributed by atoms with Crippen LogP contribution in [0.15, 0.2) is 48.6 Å². The molecule has 57 heavy (non-hydrogen) atoms. The van der Waals surface area contributed by atoms with Crippen molar-refractivity contribution in [1.29, 1.82) is 0 Å². The van der Waals surface area contributed by atoms with Crippen LogP contribution >= 0.6 is 0 Å². The average molecular weight is 806 g/mol. The minimum atomic E-state index is -1.57. The zero-order valence-electron chi connectivity index (χ0n) is 36.3. The highest BCUT2D eigenvalue weighted by Crippen LogP contribution is 2.22. The van der Waals surface area contributed by atoms with Crippen LogP contribution in [0.3, 0.4) is 0 Å². The minimum absolute atomic E-state index is 0.197. The lowest BCUT2D eigenvalue weighted by Gasteiger charge is -2.40. The highest BCUT2D eigenvalue weighted by Gasteiger charge is 2.44. The number of carbonyl (C=O) groups is 1. The van der Waals surface area contributed by atoms with Gasteiger partial charge in [-0.3, -0.25) is 4.79 Å². The van der Waals surface area contributed by atoms with Crippen LogP contribution in [-0.4, -0.2) is 87.5 Å². The largest absolute Gasteiger partial charge is 0.394 e. The molecule has 0 aromatic rings. The molecule has 1 fully saturated rings. The number of unbranched alkanes of at least 4 members (excludes halogenated alkanes) is 23. The molecule has 1 heterocycles. The summed E-state index contributed by atoms with van der Waals surface area (Å²) in [4.78, 5) is 12.9. The number of aliphatic hydroxyl groups is 5. The Kier molecular flexibility index (Phi) is 35.8. The Morgan fingerprint density at radius 1 is 0.614 bits per heavy atom. The molecule has 1 aliphatic heterocycles. The van der Waals surface area contributed by atoms with Crippen molar-refractivity contribution in [3.63, 3.8) is 0 Å². The fraction of sp³-hybridized carbons (Fsp3) is 0.812. The molecule has 0 saturated carbocycles. The quantitative estimate of drug-likeness (QED) is 0.0267. The molecule has 6 N–H and O–H groups in total. The monoisotopic (exact) mass is 806 g/mol. The van der Waals surface area contributed by atoms with Crippen molar-refractivity contribution in [1.82, 2.24) is 5.32 Å². The van der Waals surface area contributed by atoms with E-state index in [0.717, 1.165) is 44.9 Å². The molecule has 0 bridgehead atoms. The van der Waals surface area contributed by atoms with Crippen LogP contribution in [0, 0.1) is 0 Å². The van der Waals surface area contributed by atoms with Crippen molar-refractivity contribution in [2.24, 2.45) is 0 Å². The number of rotatable bonds is 38. The molecule has 7 unspecified atom stereocenters. The number of hydrogen-bond donors (Lipinski definition) is 6. The second-order valence-electron chi connectivity index (χ2n) is 16.2. The topological polar surface area (TPSA) is 149 Å². The van der Waals surface area contributed by atoms with Gasteiger partial charge >= 0.3 is 0 Å². The molecule has 0 spiro atoms. The Balaban J connectivity index is 2.22. The van der Waals surface area contributed by atoms with Gasteiger partial charge in [0, 0.05) is 6.42 Å². The Morgan fingerprint density at radius 3 is 1.58 bits per heavy atom. The van der Waals surface area contributed by atoms with E-state index in [1.807, 2.05) is 19.1 Å². The standard InChI is InChI=1S/C48H87NO8/c1-3-5-7-9-11-13-14-15-16-17-18-19-20-21-22-23-24-25-26-27-28-30-32-34-36-38-44(52)49-41(42(51)37-35-33-31-29-12-10-8-6-4-2)40-56-48-47(55)46(54)45(53)43(39-50)57-48/h4,6,12,21-22,29,35,37,41-43,45-48,50-51,53-55H,3,5,7-11,13-20,23-28,30-34,36,38-40H2,1-2H3,(H,49,52)/b6-4+,22-21-,29-12+,37-35+. The Bertz CT molecular complexity index is 1030. The summed E-state index contributed by atoms with van der Waals surface area (Å²) in [6.45, 7) is 3.51. The van der Waals surface area contributed by atoms with Crippen LogP contribution in [0.5, 0.6) is 0 Å². The fourth-order valence-corrected chi connectivity index (χ4v) is 7.19. The second-order valence-corrected chi connectivity index (χ2v) is 16.2. The summed E-state index contributed by atoms with van der Waals surface area (Å²) < 4.78 is 11.1. The molecule has 7 atom stereocenters. The maximum Gasteiger partial charge on any atom is 0.220 e. The summed E-state index contributed by atoms with van der Waals surface area (Å²) in [5.41, 5.74) is 0. The number of hydrogen-bond acceptors (Lipinski definition) is 8. The number of amides is 1. The first kappa shape index (κ1) is 53.2. The molecule has 0 radical (unpaired) electrons. The molecule has 1 rings (SSSR count). The molecule has 1 saturated heterocycles. The van der Waals surface area contributed by atoms with Crippen molar-refractivity contribution in [3.8, 4) is 0 Å². The third-order valence-corrected chi connectivity index (χ3v) is 10.9. The molecule has 0 aliphatic carbocycles. The van der Waals surface area contributed by atoms with E-state index >= 15 is 0 Å². The number of allylic oxidation sites excluding steroid dienone is 7. The summed E-state index contributed by atoms with van der Waals surface area (Å²) in [6.07, 6.45) is 42.0. The molecule has 9 nitrogen and oxygen atoms in total. The van der Waals surface area contributed by atoms with Gasteiger partial charge in [-0.05, 0) is 64.7 Å². The maximum absolute atomic E-state index is 12.9. The summed E-state index contributed by atoms with van der Waals surface area (Å²) in [7, 11) is 0. The highest BCUT2D eigenvalue weighted by molar-refractivity contribution is 5.76. The SMILES string of the molecule is C/C=C/CC/C=C/CC/C=C/C(O)C(COC1OC(CO)C(O)C(O)C1O)NC(=O)CCCCCCCCCCC/C=C\CCCCCCCCCCCCCC. The van der Waals surface area contributed by atoms with Crippen molar-refractivity contribution in [2.75, 3.05) is 13.2 Å². The molecule has 1 amide bonds. The van der Waals surface area contributed by atoms with Crippen molar-refractivity contribution >= 4 is 5.91 Å². The number of nitrogens with one attached hydrogen (secondary N) is 1. The van der Waals surface area contributed by atoms with E-state index in [1.54, 1.807) is 6.08 Å². The molecule has 0 aromatic heterocycles. The van der Waals surface area contributed by atoms with Crippen molar-refractivity contribution < 1.29 is 39.8 Å². The van der Waals surface area contributed by atoms with Crippen LogP contribution in [0.25, 0.3) is 0 Å². The van der Waals surface area contributed by atoms with E-state index in [9.17, 15) is 30.3 Å². The van der Waals surface area contributed by atoms with Gasteiger partial charge in [-0.15, -0.1) is 0 Å². The van der Waals surface area contributed by atoms with Gasteiger partial charge in [-0.25, -0.2) is 0 Å². The van der Waals surface area contributed by atoms with Gasteiger partial charge in [0.15, 0.2) is 6.29 Å². The summed E-state index contributed by atoms with van der Waals surface area (Å²) in [5.74, 6) is -0.197. The smallest absolute Gasteiger partial charge is 0.220 e. The first-order valence-corrected chi connectivity index (χ1v) is 23.3. The first-order valence-electron chi connectivity index (χ1n) is 23.3. The lowest BCUT2D eigenvalue weighted by atomic mass is 9.99. The predicted octanol–water partition coefficient (Wildman–Crippen LogP) is 9.84. The molecule has 1 aliphatic rings. The van der Waals surface area contributed by atoms with Crippen LogP contribution in [0.2, 0.25) is 0 Å². The third kappa shape index (κ3) is 29.1. The number of carbonyl (C=O) groups excluding carboxylic acids is 1. The van der Waals surface area contributed by atoms with Gasteiger partial charge in [0.1, 0.15) is 24.4 Å². The molecule has 9 heteroatoms. The Hall–Kier alpha value is -1.85. The van der Waals surface area contributed by atoms with Gasteiger partial charge in [0.05, 0.1) is 25.4 Å². The third-order valence-electron chi connectivity index (χ3n) is 10.9. The number of ether oxygens (including phenoxy) is 2. The van der Waals surface area contributed by atoms with E-state index < -0.39 is 49.5 Å². The minimum Gasteiger partial charge on any atom is -0.394 e. The van der Waals surface area contributed by atoms with Crippen LogP contribution in [0.1, 0.15) is 194 Å². The second kappa shape index (κ2) is 38.4. The lowest BCUT2D eigenvalue weighted by Crippen LogP contribution is -2.60. The summed E-state index contributed by atoms with van der Waals surface area (Å²) in [6, 6.07) is -0.827. The summed E-state index contributed by atoms with van der Waals surface area (Å²) in [5, 5.41) is 53.9. The predicted molar refractivity (Wildman–Crippen MR) is 235 cm³/mol. The zero-order valence-corrected chi connectivity index (χ0v) is 36.3. The average Bonchev–Trinajstić information content (AvgIpc) is 3.21. The molecular weight excluding hydrogens is 719 g/mol. The van der Waals surface area contributed by atoms with E-state index in [2.05, 4.69) is 42.6 Å². The van der Waals surface area contributed by atoms with Gasteiger partial charge in [-0.2, -0.15) is 0 Å². The zero-order chi connectivity index (χ0) is 41.6. The van der Waals surface area contributed by atoms with E-state index in [0.29, 0.717) is 6.42 Å². The van der Waals surface area contributed by atoms with Gasteiger partial charge in [-0.1, -0.05) is 171 Å². The Labute approximate surface area is 348 Å². The highest BCUT2D eigenvalue weighted by atomic mass is 16.7. The van der Waals surface area contributed by atoms with E-state index in [4.69, 9.17) is 9.47 Å². The van der Waals surface area contributed by atoms with Crippen LogP contribution in [0.4, 0.5) is 0 Å². The molecule has 332 valence electrons. The van der Waals surface area contributed by atoms with E-state index in [1.165, 1.54) is 128 Å². The van der Waals surface area contributed by atoms with Crippen LogP contribution in [-0.2, 0) is 14.3 Å². The van der Waals surface area contributed by atoms with Gasteiger partial charge in [0.25, 0.3) is 0 Å².